The maximum Gasteiger partial charge on any atom is 0.178 e. The highest BCUT2D eigenvalue weighted by Gasteiger charge is 2.47. The van der Waals surface area contributed by atoms with Crippen LogP contribution in [0.1, 0.15) is 34.3 Å². The molecule has 5 rings (SSSR count). The molecule has 0 aromatic heterocycles. The number of rotatable bonds is 4. The Hall–Kier alpha value is -2.97. The fourth-order valence-corrected chi connectivity index (χ4v) is 4.51. The average molecular weight is 428 g/mol. The summed E-state index contributed by atoms with van der Waals surface area (Å²) in [5, 5.41) is 19.9. The molecular formula is C23H24O8. The molecule has 164 valence electrons. The Labute approximate surface area is 179 Å². The van der Waals surface area contributed by atoms with E-state index in [2.05, 4.69) is 0 Å². The second-order valence-electron chi connectivity index (χ2n) is 8.30. The minimum atomic E-state index is -1.41. The lowest BCUT2D eigenvalue weighted by molar-refractivity contribution is -0.0729. The average Bonchev–Trinajstić information content (AvgIpc) is 3.23. The minimum Gasteiger partial charge on any atom is -0.493 e. The molecule has 0 saturated carbocycles. The first kappa shape index (κ1) is 20.0. The molecule has 2 aromatic carbocycles. The van der Waals surface area contributed by atoms with Gasteiger partial charge in [0.05, 0.1) is 32.3 Å². The number of carbonyl (C=O) groups excluding carboxylic acids is 1. The van der Waals surface area contributed by atoms with E-state index >= 15 is 0 Å². The fourth-order valence-electron chi connectivity index (χ4n) is 4.51. The van der Waals surface area contributed by atoms with Crippen LogP contribution in [-0.2, 0) is 6.42 Å². The largest absolute Gasteiger partial charge is 0.493 e. The van der Waals surface area contributed by atoms with Crippen LogP contribution in [-0.4, -0.2) is 61.2 Å². The Morgan fingerprint density at radius 1 is 1.13 bits per heavy atom. The van der Waals surface area contributed by atoms with E-state index in [4.69, 9.17) is 23.7 Å². The molecule has 2 N–H and O–H groups in total. The van der Waals surface area contributed by atoms with Gasteiger partial charge in [0.25, 0.3) is 0 Å². The van der Waals surface area contributed by atoms with Gasteiger partial charge in [-0.2, -0.15) is 0 Å². The molecule has 3 heterocycles. The Balaban J connectivity index is 1.55. The van der Waals surface area contributed by atoms with Crippen molar-refractivity contribution in [3.63, 3.8) is 0 Å². The summed E-state index contributed by atoms with van der Waals surface area (Å²) in [6, 6.07) is 6.91. The first-order valence-electron chi connectivity index (χ1n) is 10.1. The Morgan fingerprint density at radius 3 is 2.58 bits per heavy atom. The van der Waals surface area contributed by atoms with Gasteiger partial charge < -0.3 is 33.9 Å². The number of ketones is 1. The van der Waals surface area contributed by atoms with Gasteiger partial charge in [-0.05, 0) is 25.1 Å². The lowest BCUT2D eigenvalue weighted by Crippen LogP contribution is -2.45. The topological polar surface area (TPSA) is 104 Å². The molecule has 2 aromatic rings. The van der Waals surface area contributed by atoms with E-state index in [1.165, 1.54) is 6.92 Å². The Bertz CT molecular complexity index is 1060. The number of Topliss-reactive ketones (excluding diaryl/α,β-unsaturated/α-hetero) is 1. The number of aliphatic hydroxyl groups is 2. The summed E-state index contributed by atoms with van der Waals surface area (Å²) in [6.07, 6.45) is -0.802. The Kier molecular flexibility index (Phi) is 4.53. The van der Waals surface area contributed by atoms with E-state index in [1.807, 2.05) is 0 Å². The van der Waals surface area contributed by atoms with Gasteiger partial charge in [-0.3, -0.25) is 4.79 Å². The third kappa shape index (κ3) is 2.93. The second-order valence-corrected chi connectivity index (χ2v) is 8.30. The van der Waals surface area contributed by atoms with Gasteiger partial charge in [-0.25, -0.2) is 0 Å². The molecule has 3 aliphatic rings. The minimum absolute atomic E-state index is 0.0665. The second kappa shape index (κ2) is 7.03. The molecule has 8 heteroatoms. The summed E-state index contributed by atoms with van der Waals surface area (Å²) in [5.74, 6) is 2.03. The molecule has 3 aliphatic heterocycles. The zero-order valence-electron chi connectivity index (χ0n) is 17.5. The van der Waals surface area contributed by atoms with Crippen molar-refractivity contribution in [2.45, 2.75) is 37.1 Å². The standard InChI is InChI=1S/C23H24O8/c1-23(26,10-24)19-7-13-14(30-19)5-4-11-21(25)20-12-6-16(27-2)17(28-3)8-15(12)29-9-18(20)31-22(11)13/h4-6,8,18-20,24,26H,7,9-10H2,1-3H3/t18-,19-,20-,23+/m1/s1. The van der Waals surface area contributed by atoms with E-state index in [1.54, 1.807) is 38.5 Å². The van der Waals surface area contributed by atoms with Gasteiger partial charge in [0.15, 0.2) is 17.3 Å². The number of ether oxygens (including phenoxy) is 5. The van der Waals surface area contributed by atoms with E-state index in [9.17, 15) is 15.0 Å². The number of methoxy groups -OCH3 is 2. The van der Waals surface area contributed by atoms with Crippen LogP contribution in [0.3, 0.4) is 0 Å². The molecule has 0 saturated heterocycles. The molecule has 0 aliphatic carbocycles. The van der Waals surface area contributed by atoms with Crippen LogP contribution in [0.5, 0.6) is 28.7 Å². The molecule has 0 fully saturated rings. The zero-order valence-corrected chi connectivity index (χ0v) is 17.5. The number of hydrogen-bond acceptors (Lipinski definition) is 8. The first-order valence-corrected chi connectivity index (χ1v) is 10.1. The zero-order chi connectivity index (χ0) is 21.9. The van der Waals surface area contributed by atoms with E-state index < -0.39 is 30.3 Å². The van der Waals surface area contributed by atoms with Crippen molar-refractivity contribution in [1.29, 1.82) is 0 Å². The number of fused-ring (bicyclic) bond motifs is 6. The first-order chi connectivity index (χ1) is 14.9. The summed E-state index contributed by atoms with van der Waals surface area (Å²) in [7, 11) is 3.09. The SMILES string of the molecule is COc1cc2c(cc1OC)[C@H]1C(=O)c3ccc4c(c3O[C@@H]1CO2)C[C@H]([C@@](C)(O)CO)O4. The lowest BCUT2D eigenvalue weighted by Gasteiger charge is -2.37. The summed E-state index contributed by atoms with van der Waals surface area (Å²) in [4.78, 5) is 13.6. The molecule has 0 radical (unpaired) electrons. The molecule has 31 heavy (non-hydrogen) atoms. The molecule has 4 atom stereocenters. The lowest BCUT2D eigenvalue weighted by atomic mass is 9.81. The fraction of sp³-hybridized carbons (Fsp3) is 0.435. The summed E-state index contributed by atoms with van der Waals surface area (Å²) in [6.45, 7) is 1.29. The van der Waals surface area contributed by atoms with E-state index in [-0.39, 0.29) is 12.4 Å². The van der Waals surface area contributed by atoms with Crippen molar-refractivity contribution in [3.05, 3.63) is 41.0 Å². The normalized spacial score (nSPS) is 24.9. The maximum absolute atomic E-state index is 13.6. The van der Waals surface area contributed by atoms with Gasteiger partial charge in [0.1, 0.15) is 41.7 Å². The van der Waals surface area contributed by atoms with Crippen LogP contribution in [0.25, 0.3) is 0 Å². The van der Waals surface area contributed by atoms with Gasteiger partial charge in [-0.1, -0.05) is 0 Å². The highest BCUT2D eigenvalue weighted by atomic mass is 16.5. The third-order valence-corrected chi connectivity index (χ3v) is 6.33. The predicted molar refractivity (Wildman–Crippen MR) is 109 cm³/mol. The summed E-state index contributed by atoms with van der Waals surface area (Å²) >= 11 is 0. The third-order valence-electron chi connectivity index (χ3n) is 6.33. The van der Waals surface area contributed by atoms with Crippen LogP contribution >= 0.6 is 0 Å². The van der Waals surface area contributed by atoms with Gasteiger partial charge in [0, 0.05) is 23.6 Å². The van der Waals surface area contributed by atoms with Crippen molar-refractivity contribution >= 4 is 5.78 Å². The number of benzene rings is 2. The van der Waals surface area contributed by atoms with Crippen LogP contribution in [0.2, 0.25) is 0 Å². The van der Waals surface area contributed by atoms with Crippen molar-refractivity contribution in [2.24, 2.45) is 0 Å². The number of carbonyl (C=O) groups is 1. The predicted octanol–water partition coefficient (Wildman–Crippen LogP) is 1.87. The van der Waals surface area contributed by atoms with Gasteiger partial charge in [0.2, 0.25) is 0 Å². The van der Waals surface area contributed by atoms with Gasteiger partial charge in [-0.15, -0.1) is 0 Å². The van der Waals surface area contributed by atoms with Crippen molar-refractivity contribution in [2.75, 3.05) is 27.4 Å². The Morgan fingerprint density at radius 2 is 1.87 bits per heavy atom. The molecule has 0 spiro atoms. The molecular weight excluding hydrogens is 404 g/mol. The molecule has 0 unspecified atom stereocenters. The van der Waals surface area contributed by atoms with Crippen molar-refractivity contribution in [3.8, 4) is 28.7 Å². The maximum atomic E-state index is 13.6. The molecule has 8 nitrogen and oxygen atoms in total. The van der Waals surface area contributed by atoms with Crippen molar-refractivity contribution in [1.82, 2.24) is 0 Å². The highest BCUT2D eigenvalue weighted by Crippen LogP contribution is 2.50. The summed E-state index contributed by atoms with van der Waals surface area (Å²) in [5.41, 5.74) is 0.481. The van der Waals surface area contributed by atoms with Crippen molar-refractivity contribution < 1.29 is 38.7 Å². The van der Waals surface area contributed by atoms with Crippen LogP contribution in [0.15, 0.2) is 24.3 Å². The van der Waals surface area contributed by atoms with Crippen LogP contribution in [0.4, 0.5) is 0 Å². The quantitative estimate of drug-likeness (QED) is 0.761. The van der Waals surface area contributed by atoms with Crippen LogP contribution < -0.4 is 23.7 Å². The van der Waals surface area contributed by atoms with E-state index in [0.717, 1.165) is 5.56 Å². The molecule has 0 amide bonds. The monoisotopic (exact) mass is 428 g/mol. The number of hydrogen-bond donors (Lipinski definition) is 2. The smallest absolute Gasteiger partial charge is 0.178 e. The summed E-state index contributed by atoms with van der Waals surface area (Å²) < 4.78 is 28.8. The van der Waals surface area contributed by atoms with E-state index in [0.29, 0.717) is 46.3 Å². The molecule has 0 bridgehead atoms. The number of aliphatic hydroxyl groups excluding tert-OH is 1. The highest BCUT2D eigenvalue weighted by molar-refractivity contribution is 6.06. The van der Waals surface area contributed by atoms with Gasteiger partial charge >= 0.3 is 0 Å². The van der Waals surface area contributed by atoms with Crippen LogP contribution in [0, 0.1) is 0 Å².